The normalized spacial score (nSPS) is 12.4. The minimum atomic E-state index is -1.35. The molecule has 1 unspecified atom stereocenters. The van der Waals surface area contributed by atoms with E-state index in [0.717, 1.165) is 5.56 Å². The third-order valence-electron chi connectivity index (χ3n) is 1.90. The molecule has 4 heteroatoms. The van der Waals surface area contributed by atoms with Crippen LogP contribution in [-0.4, -0.2) is 22.3 Å². The third-order valence-corrected chi connectivity index (χ3v) is 1.90. The number of carbonyl (C=O) groups is 1. The molecule has 14 heavy (non-hydrogen) atoms. The van der Waals surface area contributed by atoms with Crippen LogP contribution in [0, 0.1) is 5.82 Å². The molecule has 0 aliphatic rings. The summed E-state index contributed by atoms with van der Waals surface area (Å²) in [5.74, 6) is -1.56. The Hall–Kier alpha value is -1.42. The van der Waals surface area contributed by atoms with Gasteiger partial charge in [0.25, 0.3) is 0 Å². The zero-order chi connectivity index (χ0) is 10.6. The van der Waals surface area contributed by atoms with Gasteiger partial charge in [0.05, 0.1) is 0 Å². The summed E-state index contributed by atoms with van der Waals surface area (Å²) in [6.45, 7) is 0. The average Bonchev–Trinajstić information content (AvgIpc) is 2.16. The lowest BCUT2D eigenvalue weighted by Gasteiger charge is -2.04. The summed E-state index contributed by atoms with van der Waals surface area (Å²) in [7, 11) is 0. The summed E-state index contributed by atoms with van der Waals surface area (Å²) in [5.41, 5.74) is 0.812. The van der Waals surface area contributed by atoms with Gasteiger partial charge in [-0.1, -0.05) is 12.1 Å². The lowest BCUT2D eigenvalue weighted by molar-refractivity contribution is -0.146. The zero-order valence-corrected chi connectivity index (χ0v) is 7.48. The van der Waals surface area contributed by atoms with Crippen LogP contribution >= 0.6 is 0 Å². The molecular weight excluding hydrogens is 187 g/mol. The topological polar surface area (TPSA) is 57.5 Å². The maximum atomic E-state index is 12.5. The lowest BCUT2D eigenvalue weighted by Crippen LogP contribution is -2.19. The number of aliphatic hydroxyl groups excluding tert-OH is 1. The van der Waals surface area contributed by atoms with Gasteiger partial charge in [-0.05, 0) is 30.5 Å². The van der Waals surface area contributed by atoms with Gasteiger partial charge in [-0.15, -0.1) is 0 Å². The maximum absolute atomic E-state index is 12.5. The van der Waals surface area contributed by atoms with Crippen LogP contribution in [0.3, 0.4) is 0 Å². The Morgan fingerprint density at radius 1 is 1.36 bits per heavy atom. The third kappa shape index (κ3) is 3.14. The summed E-state index contributed by atoms with van der Waals surface area (Å²) in [5, 5.41) is 17.4. The molecule has 0 heterocycles. The van der Waals surface area contributed by atoms with Crippen molar-refractivity contribution in [1.82, 2.24) is 0 Å². The van der Waals surface area contributed by atoms with Crippen LogP contribution in [0.2, 0.25) is 0 Å². The molecule has 1 rings (SSSR count). The molecule has 0 bridgehead atoms. The highest BCUT2D eigenvalue weighted by atomic mass is 19.1. The molecule has 76 valence electrons. The van der Waals surface area contributed by atoms with E-state index in [1.807, 2.05) is 0 Å². The number of aryl methyl sites for hydroxylation is 1. The van der Waals surface area contributed by atoms with Crippen molar-refractivity contribution in [3.05, 3.63) is 35.6 Å². The van der Waals surface area contributed by atoms with Crippen LogP contribution in [-0.2, 0) is 11.2 Å². The van der Waals surface area contributed by atoms with Crippen molar-refractivity contribution in [2.75, 3.05) is 0 Å². The van der Waals surface area contributed by atoms with E-state index in [9.17, 15) is 9.18 Å². The number of benzene rings is 1. The van der Waals surface area contributed by atoms with Gasteiger partial charge in [0.2, 0.25) is 0 Å². The molecule has 2 N–H and O–H groups in total. The number of carboxylic acid groups (broad SMARTS) is 1. The number of hydrogen-bond donors (Lipinski definition) is 2. The standard InChI is InChI=1S/C10H11FO3/c11-8-4-1-7(2-5-8)3-6-9(12)10(13)14/h1-2,4-5,9,12H,3,6H2,(H,13,14). The highest BCUT2D eigenvalue weighted by Crippen LogP contribution is 2.07. The number of carboxylic acids is 1. The van der Waals surface area contributed by atoms with Crippen molar-refractivity contribution in [3.8, 4) is 0 Å². The smallest absolute Gasteiger partial charge is 0.332 e. The van der Waals surface area contributed by atoms with Gasteiger partial charge in [-0.3, -0.25) is 0 Å². The van der Waals surface area contributed by atoms with E-state index in [2.05, 4.69) is 0 Å². The van der Waals surface area contributed by atoms with Gasteiger partial charge < -0.3 is 10.2 Å². The molecule has 1 atom stereocenters. The quantitative estimate of drug-likeness (QED) is 0.764. The first-order valence-electron chi connectivity index (χ1n) is 4.25. The monoisotopic (exact) mass is 198 g/mol. The molecule has 0 spiro atoms. The molecule has 0 aliphatic carbocycles. The fourth-order valence-corrected chi connectivity index (χ4v) is 1.08. The van der Waals surface area contributed by atoms with Crippen LogP contribution in [0.15, 0.2) is 24.3 Å². The second kappa shape index (κ2) is 4.72. The van der Waals surface area contributed by atoms with Crippen molar-refractivity contribution < 1.29 is 19.4 Å². The first-order chi connectivity index (χ1) is 6.59. The molecule has 0 aliphatic heterocycles. The Morgan fingerprint density at radius 3 is 2.43 bits per heavy atom. The largest absolute Gasteiger partial charge is 0.479 e. The highest BCUT2D eigenvalue weighted by Gasteiger charge is 2.12. The Morgan fingerprint density at radius 2 is 1.93 bits per heavy atom. The fraction of sp³-hybridized carbons (Fsp3) is 0.300. The molecule has 1 aromatic carbocycles. The van der Waals surface area contributed by atoms with E-state index >= 15 is 0 Å². The first kappa shape index (κ1) is 10.7. The predicted molar refractivity (Wildman–Crippen MR) is 48.4 cm³/mol. The van der Waals surface area contributed by atoms with E-state index in [0.29, 0.717) is 6.42 Å². The summed E-state index contributed by atoms with van der Waals surface area (Å²) in [6.07, 6.45) is -0.783. The maximum Gasteiger partial charge on any atom is 0.332 e. The molecule has 3 nitrogen and oxygen atoms in total. The van der Waals surface area contributed by atoms with Crippen LogP contribution in [0.5, 0.6) is 0 Å². The van der Waals surface area contributed by atoms with Crippen molar-refractivity contribution in [1.29, 1.82) is 0 Å². The molecule has 1 aromatic rings. The highest BCUT2D eigenvalue weighted by molar-refractivity contribution is 5.71. The number of hydrogen-bond acceptors (Lipinski definition) is 2. The molecule has 0 fully saturated rings. The lowest BCUT2D eigenvalue weighted by atomic mass is 10.1. The molecule has 0 saturated carbocycles. The van der Waals surface area contributed by atoms with E-state index in [1.165, 1.54) is 12.1 Å². The van der Waals surface area contributed by atoms with E-state index in [1.54, 1.807) is 12.1 Å². The van der Waals surface area contributed by atoms with Gasteiger partial charge in [-0.25, -0.2) is 9.18 Å². The number of aliphatic hydroxyl groups is 1. The molecular formula is C10H11FO3. The Labute approximate surface area is 80.8 Å². The molecule has 0 saturated heterocycles. The summed E-state index contributed by atoms with van der Waals surface area (Å²) < 4.78 is 12.5. The van der Waals surface area contributed by atoms with Crippen molar-refractivity contribution in [2.45, 2.75) is 18.9 Å². The van der Waals surface area contributed by atoms with Crippen molar-refractivity contribution >= 4 is 5.97 Å². The Bertz CT molecular complexity index is 308. The average molecular weight is 198 g/mol. The second-order valence-corrected chi connectivity index (χ2v) is 3.02. The van der Waals surface area contributed by atoms with E-state index < -0.39 is 12.1 Å². The van der Waals surface area contributed by atoms with Crippen LogP contribution in [0.25, 0.3) is 0 Å². The first-order valence-corrected chi connectivity index (χ1v) is 4.25. The minimum absolute atomic E-state index is 0.140. The fourth-order valence-electron chi connectivity index (χ4n) is 1.08. The van der Waals surface area contributed by atoms with Gasteiger partial charge in [0.1, 0.15) is 5.82 Å². The van der Waals surface area contributed by atoms with Crippen LogP contribution < -0.4 is 0 Å². The van der Waals surface area contributed by atoms with E-state index in [4.69, 9.17) is 10.2 Å². The summed E-state index contributed by atoms with van der Waals surface area (Å²) in [6, 6.07) is 5.76. The van der Waals surface area contributed by atoms with Gasteiger partial charge in [0.15, 0.2) is 6.10 Å². The molecule has 0 aromatic heterocycles. The van der Waals surface area contributed by atoms with Crippen LogP contribution in [0.1, 0.15) is 12.0 Å². The van der Waals surface area contributed by atoms with Crippen LogP contribution in [0.4, 0.5) is 4.39 Å². The second-order valence-electron chi connectivity index (χ2n) is 3.02. The van der Waals surface area contributed by atoms with Crippen molar-refractivity contribution in [3.63, 3.8) is 0 Å². The number of aliphatic carboxylic acids is 1. The number of rotatable bonds is 4. The van der Waals surface area contributed by atoms with Gasteiger partial charge in [-0.2, -0.15) is 0 Å². The van der Waals surface area contributed by atoms with Gasteiger partial charge in [0, 0.05) is 0 Å². The summed E-state index contributed by atoms with van der Waals surface area (Å²) >= 11 is 0. The molecule has 0 radical (unpaired) electrons. The summed E-state index contributed by atoms with van der Waals surface area (Å²) in [4.78, 5) is 10.3. The van der Waals surface area contributed by atoms with E-state index in [-0.39, 0.29) is 12.2 Å². The number of halogens is 1. The Kier molecular flexibility index (Phi) is 3.59. The minimum Gasteiger partial charge on any atom is -0.479 e. The molecule has 0 amide bonds. The Balaban J connectivity index is 2.46. The van der Waals surface area contributed by atoms with Crippen molar-refractivity contribution in [2.24, 2.45) is 0 Å². The van der Waals surface area contributed by atoms with Gasteiger partial charge >= 0.3 is 5.97 Å². The zero-order valence-electron chi connectivity index (χ0n) is 7.48. The predicted octanol–water partition coefficient (Wildman–Crippen LogP) is 1.20. The SMILES string of the molecule is O=C(O)C(O)CCc1ccc(F)cc1.